The summed E-state index contributed by atoms with van der Waals surface area (Å²) in [5.41, 5.74) is 0. The standard InChI is InChI=1S/C3H7PS2/c1-2-3-4(5)6/h2,4H,1,3H2,(H,5,6). The molecule has 0 aromatic carbocycles. The maximum Gasteiger partial charge on any atom is 0.000193 e. The summed E-state index contributed by atoms with van der Waals surface area (Å²) in [7, 11) is 0. The first-order valence-electron chi connectivity index (χ1n) is 1.60. The fourth-order valence-corrected chi connectivity index (χ4v) is 1.11. The Morgan fingerprint density at radius 1 is 2.00 bits per heavy atom. The summed E-state index contributed by atoms with van der Waals surface area (Å²) in [6.45, 7) is 3.51. The first kappa shape index (κ1) is 6.74. The van der Waals surface area contributed by atoms with E-state index >= 15 is 0 Å². The van der Waals surface area contributed by atoms with E-state index in [2.05, 4.69) is 18.8 Å². The van der Waals surface area contributed by atoms with Gasteiger partial charge in [0, 0.05) is 6.16 Å². The summed E-state index contributed by atoms with van der Waals surface area (Å²) in [6, 6.07) is 0. The van der Waals surface area contributed by atoms with Crippen molar-refractivity contribution in [3.8, 4) is 0 Å². The maximum atomic E-state index is 4.77. The fourth-order valence-electron chi connectivity index (χ4n) is 0.123. The van der Waals surface area contributed by atoms with Crippen LogP contribution in [0.5, 0.6) is 0 Å². The molecule has 36 valence electrons. The van der Waals surface area contributed by atoms with Crippen molar-refractivity contribution in [2.75, 3.05) is 6.16 Å². The summed E-state index contributed by atoms with van der Waals surface area (Å²) in [5, 5.41) is 0. The Hall–Kier alpha value is 0.740. The molecule has 0 spiro atoms. The molecule has 1 unspecified atom stereocenters. The highest BCUT2D eigenvalue weighted by atomic mass is 32.9. The van der Waals surface area contributed by atoms with Gasteiger partial charge in [-0.2, -0.15) is 0 Å². The van der Waals surface area contributed by atoms with Crippen LogP contribution in [0.25, 0.3) is 0 Å². The van der Waals surface area contributed by atoms with Crippen molar-refractivity contribution in [2.45, 2.75) is 0 Å². The molecule has 6 heavy (non-hydrogen) atoms. The van der Waals surface area contributed by atoms with E-state index in [-0.39, 0.29) is 0 Å². The normalized spacial score (nSPS) is 13.5. The van der Waals surface area contributed by atoms with Gasteiger partial charge in [-0.25, -0.2) is 0 Å². The molecule has 0 aliphatic heterocycles. The quantitative estimate of drug-likeness (QED) is 0.344. The number of rotatable bonds is 2. The molecule has 0 nitrogen and oxygen atoms in total. The van der Waals surface area contributed by atoms with Gasteiger partial charge in [0.25, 0.3) is 0 Å². The van der Waals surface area contributed by atoms with Gasteiger partial charge in [-0.15, -0.1) is 18.8 Å². The molecule has 0 aliphatic carbocycles. The number of allylic oxidation sites excluding steroid dienone is 1. The van der Waals surface area contributed by atoms with Crippen LogP contribution < -0.4 is 0 Å². The predicted molar refractivity (Wildman–Crippen MR) is 39.7 cm³/mol. The summed E-state index contributed by atoms with van der Waals surface area (Å²) >= 11 is 8.80. The monoisotopic (exact) mass is 138 g/mol. The molecule has 0 heterocycles. The van der Waals surface area contributed by atoms with E-state index in [4.69, 9.17) is 11.8 Å². The van der Waals surface area contributed by atoms with Gasteiger partial charge in [0.2, 0.25) is 0 Å². The molecule has 0 rings (SSSR count). The Morgan fingerprint density at radius 2 is 2.50 bits per heavy atom. The van der Waals surface area contributed by atoms with E-state index in [1.807, 2.05) is 6.08 Å². The van der Waals surface area contributed by atoms with Crippen molar-refractivity contribution < 1.29 is 0 Å². The SMILES string of the molecule is C=CC[PH](=S)S. The molecular weight excluding hydrogens is 131 g/mol. The second kappa shape index (κ2) is 3.91. The van der Waals surface area contributed by atoms with Gasteiger partial charge in [0.1, 0.15) is 0 Å². The van der Waals surface area contributed by atoms with Gasteiger partial charge < -0.3 is 0 Å². The first-order valence-corrected chi connectivity index (χ1v) is 5.73. The Balaban J connectivity index is 3.05. The van der Waals surface area contributed by atoms with Crippen LogP contribution in [0.15, 0.2) is 12.7 Å². The Bertz CT molecular complexity index is 69.2. The third kappa shape index (κ3) is 4.74. The molecule has 1 atom stereocenters. The van der Waals surface area contributed by atoms with Gasteiger partial charge in [-0.3, -0.25) is 0 Å². The van der Waals surface area contributed by atoms with Crippen LogP contribution in [0.3, 0.4) is 0 Å². The zero-order chi connectivity index (χ0) is 4.99. The summed E-state index contributed by atoms with van der Waals surface area (Å²) in [5.74, 6) is -0.726. The van der Waals surface area contributed by atoms with Gasteiger partial charge >= 0.3 is 0 Å². The lowest BCUT2D eigenvalue weighted by Crippen LogP contribution is -1.54. The van der Waals surface area contributed by atoms with Crippen molar-refractivity contribution in [1.82, 2.24) is 0 Å². The number of thiol groups is 1. The van der Waals surface area contributed by atoms with Crippen LogP contribution in [0.4, 0.5) is 0 Å². The van der Waals surface area contributed by atoms with Gasteiger partial charge in [0.05, 0.1) is 0 Å². The molecule has 0 aromatic heterocycles. The number of hydrogen-bond acceptors (Lipinski definition) is 1. The average molecular weight is 138 g/mol. The van der Waals surface area contributed by atoms with E-state index in [1.165, 1.54) is 0 Å². The second-order valence-corrected chi connectivity index (χ2v) is 6.09. The predicted octanol–water partition coefficient (Wildman–Crippen LogP) is 1.69. The Kier molecular flexibility index (Phi) is 4.40. The van der Waals surface area contributed by atoms with Gasteiger partial charge in [-0.1, -0.05) is 17.9 Å². The van der Waals surface area contributed by atoms with E-state index < -0.39 is 5.90 Å². The summed E-state index contributed by atoms with van der Waals surface area (Å²) in [4.78, 5) is 0. The molecule has 0 saturated heterocycles. The summed E-state index contributed by atoms with van der Waals surface area (Å²) in [6.07, 6.45) is 2.73. The molecule has 0 aliphatic rings. The lowest BCUT2D eigenvalue weighted by molar-refractivity contribution is 1.83. The lowest BCUT2D eigenvalue weighted by Gasteiger charge is -1.80. The van der Waals surface area contributed by atoms with Crippen LogP contribution in [0, 0.1) is 0 Å². The van der Waals surface area contributed by atoms with E-state index in [0.717, 1.165) is 6.16 Å². The van der Waals surface area contributed by atoms with Crippen molar-refractivity contribution in [1.29, 1.82) is 0 Å². The molecule has 0 N–H and O–H groups in total. The van der Waals surface area contributed by atoms with Crippen LogP contribution >= 0.6 is 18.1 Å². The third-order valence-corrected chi connectivity index (χ3v) is 2.00. The van der Waals surface area contributed by atoms with Crippen molar-refractivity contribution >= 4 is 30.0 Å². The van der Waals surface area contributed by atoms with Crippen LogP contribution in [-0.2, 0) is 11.8 Å². The van der Waals surface area contributed by atoms with Crippen molar-refractivity contribution in [2.24, 2.45) is 0 Å². The fraction of sp³-hybridized carbons (Fsp3) is 0.333. The Morgan fingerprint density at radius 3 is 2.50 bits per heavy atom. The smallest absolute Gasteiger partial charge is 0.000193 e. The molecule has 0 bridgehead atoms. The second-order valence-electron chi connectivity index (χ2n) is 0.887. The van der Waals surface area contributed by atoms with Crippen LogP contribution in [-0.4, -0.2) is 6.16 Å². The zero-order valence-corrected chi connectivity index (χ0v) is 6.06. The molecule has 0 amide bonds. The molecule has 0 saturated carbocycles. The summed E-state index contributed by atoms with van der Waals surface area (Å²) < 4.78 is 0. The highest BCUT2D eigenvalue weighted by Crippen LogP contribution is 2.24. The van der Waals surface area contributed by atoms with E-state index in [1.54, 1.807) is 0 Å². The van der Waals surface area contributed by atoms with Crippen molar-refractivity contribution in [3.63, 3.8) is 0 Å². The minimum atomic E-state index is -0.726. The van der Waals surface area contributed by atoms with Crippen LogP contribution in [0.2, 0.25) is 0 Å². The van der Waals surface area contributed by atoms with Gasteiger partial charge in [0.15, 0.2) is 0 Å². The van der Waals surface area contributed by atoms with Gasteiger partial charge in [-0.05, 0) is 5.90 Å². The third-order valence-electron chi connectivity index (χ3n) is 0.319. The minimum absolute atomic E-state index is 0.726. The molecule has 0 radical (unpaired) electrons. The van der Waals surface area contributed by atoms with E-state index in [0.29, 0.717) is 0 Å². The number of hydrogen-bond donors (Lipinski definition) is 1. The van der Waals surface area contributed by atoms with Crippen LogP contribution in [0.1, 0.15) is 0 Å². The Labute approximate surface area is 49.2 Å². The molecule has 0 aromatic rings. The molecule has 3 heteroatoms. The molecule has 0 fully saturated rings. The average Bonchev–Trinajstić information content (AvgIpc) is 1.35. The largest absolute Gasteiger partial charge is 0.144 e. The topological polar surface area (TPSA) is 0 Å². The minimum Gasteiger partial charge on any atom is -0.144 e. The van der Waals surface area contributed by atoms with Crippen molar-refractivity contribution in [3.05, 3.63) is 12.7 Å². The maximum absolute atomic E-state index is 4.77. The molecular formula is C3H7PS2. The van der Waals surface area contributed by atoms with E-state index in [9.17, 15) is 0 Å². The highest BCUT2D eigenvalue weighted by Gasteiger charge is 1.73. The first-order chi connectivity index (χ1) is 2.77. The zero-order valence-electron chi connectivity index (χ0n) is 3.35. The lowest BCUT2D eigenvalue weighted by atomic mass is 10.8. The highest BCUT2D eigenvalue weighted by molar-refractivity contribution is 8.56.